The van der Waals surface area contributed by atoms with E-state index in [1.165, 1.54) is 25.7 Å². The van der Waals surface area contributed by atoms with Crippen molar-refractivity contribution in [2.24, 2.45) is 0 Å². The number of anilines is 6. The molecule has 6 aliphatic heterocycles. The van der Waals surface area contributed by atoms with Crippen LogP contribution in [0.4, 0.5) is 35.7 Å². The first-order valence-corrected chi connectivity index (χ1v) is 24.6. The van der Waals surface area contributed by atoms with Gasteiger partial charge in [0.15, 0.2) is 0 Å². The van der Waals surface area contributed by atoms with Crippen molar-refractivity contribution >= 4 is 35.7 Å². The molecule has 6 aliphatic rings. The first-order valence-electron chi connectivity index (χ1n) is 24.6. The highest BCUT2D eigenvalue weighted by Gasteiger charge is 2.48. The Balaban J connectivity index is 0.809. The molecular formula is C46H80N14O4. The third-order valence-electron chi connectivity index (χ3n) is 14.2. The molecule has 0 bridgehead atoms. The van der Waals surface area contributed by atoms with Gasteiger partial charge in [-0.15, -0.1) is 0 Å². The van der Waals surface area contributed by atoms with Crippen LogP contribution in [0, 0.1) is 0 Å². The molecule has 0 atom stereocenters. The van der Waals surface area contributed by atoms with Gasteiger partial charge in [-0.1, -0.05) is 12.8 Å². The van der Waals surface area contributed by atoms with E-state index in [-0.39, 0.29) is 22.2 Å². The van der Waals surface area contributed by atoms with Gasteiger partial charge in [0.2, 0.25) is 35.7 Å². The van der Waals surface area contributed by atoms with Crippen LogP contribution in [0.25, 0.3) is 0 Å². The standard InChI is InChI=1S/C46H80N14O4/c1-43(2)31-35(32-44(3,4)59(43)41-51-37(55-15-23-61-24-16-55)49-38(52-41)56-17-25-62-26-18-56)47-13-11-9-10-12-14-48-36-33-45(5,6)60(46(7,8)34-36)42-53-39(57-19-27-63-28-20-57)50-40(54-42)58-21-29-64-30-22-58/h35-36,47-48H,9-34H2,1-8H3. The molecule has 2 N–H and O–H groups in total. The number of nitrogens with zero attached hydrogens (tertiary/aromatic N) is 12. The lowest BCUT2D eigenvalue weighted by Crippen LogP contribution is -2.65. The number of morpholine rings is 4. The average molecular weight is 893 g/mol. The Kier molecular flexibility index (Phi) is 14.9. The minimum atomic E-state index is -0.153. The smallest absolute Gasteiger partial charge is 0.232 e. The van der Waals surface area contributed by atoms with Gasteiger partial charge in [-0.25, -0.2) is 0 Å². The maximum Gasteiger partial charge on any atom is 0.232 e. The predicted octanol–water partition coefficient (Wildman–Crippen LogP) is 3.89. The summed E-state index contributed by atoms with van der Waals surface area (Å²) in [6.07, 6.45) is 8.91. The van der Waals surface area contributed by atoms with Gasteiger partial charge in [0.05, 0.1) is 52.9 Å². The van der Waals surface area contributed by atoms with Crippen LogP contribution in [0.1, 0.15) is 107 Å². The van der Waals surface area contributed by atoms with Crippen molar-refractivity contribution in [3.05, 3.63) is 0 Å². The van der Waals surface area contributed by atoms with Crippen LogP contribution in [0.15, 0.2) is 0 Å². The van der Waals surface area contributed by atoms with Crippen LogP contribution in [0.3, 0.4) is 0 Å². The summed E-state index contributed by atoms with van der Waals surface area (Å²) in [5.41, 5.74) is -0.614. The van der Waals surface area contributed by atoms with E-state index in [1.807, 2.05) is 0 Å². The number of nitrogens with one attached hydrogen (secondary N) is 2. The van der Waals surface area contributed by atoms with Crippen molar-refractivity contribution in [2.75, 3.05) is 148 Å². The summed E-state index contributed by atoms with van der Waals surface area (Å²) in [7, 11) is 0. The van der Waals surface area contributed by atoms with Gasteiger partial charge in [-0.05, 0) is 107 Å². The van der Waals surface area contributed by atoms with Gasteiger partial charge in [-0.2, -0.15) is 29.9 Å². The lowest BCUT2D eigenvalue weighted by molar-refractivity contribution is 0.121. The van der Waals surface area contributed by atoms with Gasteiger partial charge >= 0.3 is 0 Å². The monoisotopic (exact) mass is 893 g/mol. The molecule has 8 rings (SSSR count). The van der Waals surface area contributed by atoms with Crippen molar-refractivity contribution in [3.8, 4) is 0 Å². The molecule has 0 aromatic carbocycles. The fourth-order valence-corrected chi connectivity index (χ4v) is 11.7. The van der Waals surface area contributed by atoms with Gasteiger partial charge in [0.25, 0.3) is 0 Å². The molecule has 0 amide bonds. The zero-order valence-corrected chi connectivity index (χ0v) is 40.5. The Morgan fingerprint density at radius 2 is 0.609 bits per heavy atom. The first kappa shape index (κ1) is 47.1. The van der Waals surface area contributed by atoms with Gasteiger partial charge in [0, 0.05) is 86.6 Å². The summed E-state index contributed by atoms with van der Waals surface area (Å²) >= 11 is 0. The largest absolute Gasteiger partial charge is 0.378 e. The van der Waals surface area contributed by atoms with E-state index in [1.54, 1.807) is 0 Å². The van der Waals surface area contributed by atoms with Crippen molar-refractivity contribution in [2.45, 2.75) is 141 Å². The Morgan fingerprint density at radius 1 is 0.375 bits per heavy atom. The van der Waals surface area contributed by atoms with E-state index >= 15 is 0 Å². The molecule has 358 valence electrons. The number of aromatic nitrogens is 6. The van der Waals surface area contributed by atoms with Crippen LogP contribution in [0.5, 0.6) is 0 Å². The Labute approximate surface area is 382 Å². The van der Waals surface area contributed by atoms with E-state index < -0.39 is 0 Å². The summed E-state index contributed by atoms with van der Waals surface area (Å²) in [6.45, 7) is 32.7. The van der Waals surface area contributed by atoms with E-state index in [2.05, 4.69) is 95.4 Å². The molecular weight excluding hydrogens is 813 g/mol. The summed E-state index contributed by atoms with van der Waals surface area (Å²) in [4.78, 5) is 44.6. The van der Waals surface area contributed by atoms with E-state index in [0.29, 0.717) is 64.9 Å². The number of hydrogen-bond acceptors (Lipinski definition) is 18. The van der Waals surface area contributed by atoms with Gasteiger partial charge in [-0.3, -0.25) is 0 Å². The van der Waals surface area contributed by atoms with Crippen LogP contribution in [-0.4, -0.2) is 182 Å². The second-order valence-electron chi connectivity index (χ2n) is 21.3. The third kappa shape index (κ3) is 11.2. The highest BCUT2D eigenvalue weighted by molar-refractivity contribution is 5.52. The topological polar surface area (TPSA) is 158 Å². The summed E-state index contributed by atoms with van der Waals surface area (Å²) in [5.74, 6) is 4.56. The quantitative estimate of drug-likeness (QED) is 0.248. The van der Waals surface area contributed by atoms with Gasteiger partial charge < -0.3 is 59.0 Å². The third-order valence-corrected chi connectivity index (χ3v) is 14.2. The Bertz CT molecular complexity index is 1570. The Hall–Kier alpha value is -3.42. The normalized spacial score (nSPS) is 24.4. The fraction of sp³-hybridized carbons (Fsp3) is 0.870. The number of unbranched alkanes of at least 4 members (excludes halogenated alkanes) is 3. The maximum atomic E-state index is 5.67. The molecule has 0 saturated carbocycles. The molecule has 6 fully saturated rings. The molecule has 6 saturated heterocycles. The number of hydrogen-bond donors (Lipinski definition) is 2. The Morgan fingerprint density at radius 3 is 0.859 bits per heavy atom. The zero-order valence-electron chi connectivity index (χ0n) is 40.5. The second kappa shape index (κ2) is 20.2. The highest BCUT2D eigenvalue weighted by Crippen LogP contribution is 2.43. The SMILES string of the molecule is CC1(C)CC(NCCCCCCNC2CC(C)(C)N(c3nc(N4CCOCC4)nc(N4CCOCC4)n3)C(C)(C)C2)CC(C)(C)N1c1nc(N2CCOCC2)nc(N2CCOCC2)n1. The maximum absolute atomic E-state index is 5.67. The molecule has 0 aliphatic carbocycles. The molecule has 8 heterocycles. The predicted molar refractivity (Wildman–Crippen MR) is 254 cm³/mol. The fourth-order valence-electron chi connectivity index (χ4n) is 11.7. The van der Waals surface area contributed by atoms with E-state index in [4.69, 9.17) is 48.9 Å². The summed E-state index contributed by atoms with van der Waals surface area (Å²) in [6, 6.07) is 0.850. The zero-order chi connectivity index (χ0) is 45.0. The van der Waals surface area contributed by atoms with Gasteiger partial charge in [0.1, 0.15) is 0 Å². The second-order valence-corrected chi connectivity index (χ2v) is 21.3. The van der Waals surface area contributed by atoms with Crippen molar-refractivity contribution < 1.29 is 18.9 Å². The van der Waals surface area contributed by atoms with Crippen molar-refractivity contribution in [1.29, 1.82) is 0 Å². The van der Waals surface area contributed by atoms with Crippen LogP contribution < -0.4 is 40.0 Å². The summed E-state index contributed by atoms with van der Waals surface area (Å²) in [5, 5.41) is 7.96. The molecule has 2 aromatic heterocycles. The lowest BCUT2D eigenvalue weighted by atomic mass is 9.77. The van der Waals surface area contributed by atoms with Crippen LogP contribution in [-0.2, 0) is 18.9 Å². The number of piperidine rings is 2. The van der Waals surface area contributed by atoms with Crippen LogP contribution >= 0.6 is 0 Å². The van der Waals surface area contributed by atoms with Crippen LogP contribution in [0.2, 0.25) is 0 Å². The van der Waals surface area contributed by atoms with Crippen molar-refractivity contribution in [1.82, 2.24) is 40.5 Å². The average Bonchev–Trinajstić information content (AvgIpc) is 3.26. The molecule has 0 unspecified atom stereocenters. The molecule has 0 radical (unpaired) electrons. The lowest BCUT2D eigenvalue weighted by Gasteiger charge is -2.55. The molecule has 0 spiro atoms. The molecule has 2 aromatic rings. The highest BCUT2D eigenvalue weighted by atomic mass is 16.5. The first-order chi connectivity index (χ1) is 30.7. The number of ether oxygens (including phenoxy) is 4. The molecule has 18 heteroatoms. The minimum Gasteiger partial charge on any atom is -0.378 e. The molecule has 64 heavy (non-hydrogen) atoms. The number of rotatable bonds is 15. The minimum absolute atomic E-state index is 0.153. The van der Waals surface area contributed by atoms with E-state index in [0.717, 1.165) is 127 Å². The van der Waals surface area contributed by atoms with Crippen molar-refractivity contribution in [3.63, 3.8) is 0 Å². The molecule has 18 nitrogen and oxygen atoms in total. The van der Waals surface area contributed by atoms with E-state index in [9.17, 15) is 0 Å². The summed E-state index contributed by atoms with van der Waals surface area (Å²) < 4.78 is 22.7.